The van der Waals surface area contributed by atoms with Crippen LogP contribution in [0.5, 0.6) is 5.75 Å². The van der Waals surface area contributed by atoms with Crippen molar-refractivity contribution in [1.82, 2.24) is 19.4 Å². The number of para-hydroxylation sites is 1. The molecular weight excluding hydrogens is 647 g/mol. The van der Waals surface area contributed by atoms with Crippen LogP contribution in [0.4, 0.5) is 18.9 Å². The summed E-state index contributed by atoms with van der Waals surface area (Å²) in [5.41, 5.74) is -0.611. The molecule has 0 radical (unpaired) electrons. The van der Waals surface area contributed by atoms with Gasteiger partial charge in [-0.15, -0.1) is 0 Å². The highest BCUT2D eigenvalue weighted by Crippen LogP contribution is 2.53. The van der Waals surface area contributed by atoms with Gasteiger partial charge in [0.15, 0.2) is 0 Å². The van der Waals surface area contributed by atoms with Gasteiger partial charge in [-0.2, -0.15) is 13.2 Å². The summed E-state index contributed by atoms with van der Waals surface area (Å²) < 4.78 is 63.2. The smallest absolute Gasteiger partial charge is 0.455 e. The molecule has 2 saturated heterocycles. The molecule has 0 saturated carbocycles. The summed E-state index contributed by atoms with van der Waals surface area (Å²) in [6, 6.07) is 13.3. The van der Waals surface area contributed by atoms with Crippen LogP contribution in [0.3, 0.4) is 0 Å². The molecule has 4 aromatic rings. The van der Waals surface area contributed by atoms with E-state index < -0.39 is 17.5 Å². The number of aromatic nitrogens is 3. The minimum atomic E-state index is -4.79. The maximum atomic E-state index is 14.6. The number of esters is 1. The number of hydrogen-bond acceptors (Lipinski definition) is 8. The van der Waals surface area contributed by atoms with E-state index in [-0.39, 0.29) is 40.1 Å². The number of piperidine rings is 1. The number of carbonyl (C=O) groups excluding carboxylic acids is 1. The number of pyridine rings is 1. The van der Waals surface area contributed by atoms with E-state index in [1.54, 1.807) is 18.2 Å². The van der Waals surface area contributed by atoms with Crippen LogP contribution in [0.15, 0.2) is 54.7 Å². The van der Waals surface area contributed by atoms with Crippen molar-refractivity contribution in [2.24, 2.45) is 0 Å². The summed E-state index contributed by atoms with van der Waals surface area (Å²) >= 11 is 5.92. The number of halogens is 4. The molecule has 0 bridgehead atoms. The lowest BCUT2D eigenvalue weighted by atomic mass is 9.88. The monoisotopic (exact) mass is 683 g/mol. The van der Waals surface area contributed by atoms with E-state index in [2.05, 4.69) is 19.8 Å². The maximum Gasteiger partial charge on any atom is 0.455 e. The first-order chi connectivity index (χ1) is 22.8. The molecule has 1 N–H and O–H groups in total. The van der Waals surface area contributed by atoms with Crippen LogP contribution >= 0.6 is 11.6 Å². The number of fused-ring (bicyclic) bond motifs is 2. The number of ether oxygens (including phenoxy) is 3. The van der Waals surface area contributed by atoms with Gasteiger partial charge in [0.1, 0.15) is 22.9 Å². The summed E-state index contributed by atoms with van der Waals surface area (Å²) in [6.45, 7) is 8.90. The molecule has 2 aromatic heterocycles. The maximum absolute atomic E-state index is 14.6. The van der Waals surface area contributed by atoms with Gasteiger partial charge in [-0.1, -0.05) is 23.7 Å². The number of hydrogen-bond donors (Lipinski definition) is 1. The number of nitrogens with zero attached hydrogens (tertiary/aromatic N) is 4. The predicted molar refractivity (Wildman–Crippen MR) is 174 cm³/mol. The molecular formula is C35H37ClF3N5O4. The Bertz CT molecular complexity index is 1830. The molecule has 254 valence electrons. The number of anilines is 1. The van der Waals surface area contributed by atoms with Crippen molar-refractivity contribution >= 4 is 34.3 Å². The Morgan fingerprint density at radius 2 is 1.88 bits per heavy atom. The highest BCUT2D eigenvalue weighted by atomic mass is 35.5. The summed E-state index contributed by atoms with van der Waals surface area (Å²) in [6.07, 6.45) is -1.12. The number of benzene rings is 2. The Balaban J connectivity index is 1.09. The Morgan fingerprint density at radius 1 is 1.10 bits per heavy atom. The van der Waals surface area contributed by atoms with Gasteiger partial charge in [-0.05, 0) is 101 Å². The SMILES string of the molecule is CC(C)(C)OC(=O)c1ccc2nc(CN3CCC(c4cccc5c4OC(c4ccc(Cl)cn4)(C(F)(F)F)N5)CC3)n(C[C@@H]3CCO3)c2c1. The van der Waals surface area contributed by atoms with Gasteiger partial charge < -0.3 is 24.1 Å². The van der Waals surface area contributed by atoms with Crippen molar-refractivity contribution in [1.29, 1.82) is 0 Å². The third kappa shape index (κ3) is 6.21. The Hall–Kier alpha value is -3.87. The highest BCUT2D eigenvalue weighted by Gasteiger charge is 2.63. The van der Waals surface area contributed by atoms with Crippen molar-refractivity contribution in [3.8, 4) is 5.75 Å². The minimum absolute atomic E-state index is 0.00112. The summed E-state index contributed by atoms with van der Waals surface area (Å²) in [7, 11) is 0. The molecule has 9 nitrogen and oxygen atoms in total. The largest absolute Gasteiger partial charge is 0.456 e. The molecule has 13 heteroatoms. The average Bonchev–Trinajstić information content (AvgIpc) is 3.57. The fourth-order valence-corrected chi connectivity index (χ4v) is 6.74. The fraction of sp³-hybridized carbons (Fsp3) is 0.457. The van der Waals surface area contributed by atoms with Gasteiger partial charge in [0, 0.05) is 12.8 Å². The number of nitrogens with one attached hydrogen (secondary N) is 1. The number of alkyl halides is 3. The standard InChI is InChI=1S/C35H37ClF3N5O4/c1-33(2,3)48-32(45)22-7-9-26-28(17-22)44(19-24-13-16-46-24)30(41-26)20-43-14-11-21(12-15-43)25-5-4-6-27-31(25)47-34(42-27,35(37,38)39)29-10-8-23(36)18-40-29/h4-10,17-18,21,24,42H,11-16,19-20H2,1-3H3/t24-,34?/m0/s1. The first-order valence-corrected chi connectivity index (χ1v) is 16.5. The normalized spacial score (nSPS) is 21.8. The molecule has 2 fully saturated rings. The second-order valence-electron chi connectivity index (χ2n) is 13.7. The molecule has 3 aliphatic rings. The molecule has 2 atom stereocenters. The van der Waals surface area contributed by atoms with Crippen LogP contribution in [0.2, 0.25) is 5.02 Å². The second-order valence-corrected chi connectivity index (χ2v) is 14.1. The molecule has 5 heterocycles. The number of carbonyl (C=O) groups is 1. The van der Waals surface area contributed by atoms with Crippen LogP contribution in [0.1, 0.15) is 73.4 Å². The zero-order chi connectivity index (χ0) is 33.8. The Labute approximate surface area is 281 Å². The zero-order valence-corrected chi connectivity index (χ0v) is 27.7. The third-order valence-corrected chi connectivity index (χ3v) is 9.36. The number of rotatable bonds is 7. The van der Waals surface area contributed by atoms with Gasteiger partial charge >= 0.3 is 17.9 Å². The third-order valence-electron chi connectivity index (χ3n) is 9.13. The predicted octanol–water partition coefficient (Wildman–Crippen LogP) is 7.43. The number of likely N-dealkylation sites (tertiary alicyclic amines) is 1. The quantitative estimate of drug-likeness (QED) is 0.201. The van der Waals surface area contributed by atoms with Crippen LogP contribution in [-0.4, -0.2) is 63.0 Å². The van der Waals surface area contributed by atoms with Crippen molar-refractivity contribution in [3.63, 3.8) is 0 Å². The first kappa shape index (κ1) is 32.7. The van der Waals surface area contributed by atoms with Crippen LogP contribution in [0.25, 0.3) is 11.0 Å². The lowest BCUT2D eigenvalue weighted by Gasteiger charge is -2.33. The van der Waals surface area contributed by atoms with E-state index in [1.165, 1.54) is 18.3 Å². The summed E-state index contributed by atoms with van der Waals surface area (Å²) in [4.78, 5) is 24.1. The van der Waals surface area contributed by atoms with Gasteiger partial charge in [0.05, 0.1) is 46.5 Å². The van der Waals surface area contributed by atoms with Crippen LogP contribution < -0.4 is 10.1 Å². The van der Waals surface area contributed by atoms with Crippen LogP contribution in [0, 0.1) is 0 Å². The topological polar surface area (TPSA) is 90.7 Å². The highest BCUT2D eigenvalue weighted by molar-refractivity contribution is 6.30. The lowest BCUT2D eigenvalue weighted by molar-refractivity contribution is -0.239. The van der Waals surface area contributed by atoms with Crippen molar-refractivity contribution in [3.05, 3.63) is 82.4 Å². The average molecular weight is 684 g/mol. The van der Waals surface area contributed by atoms with Crippen molar-refractivity contribution < 1.29 is 32.2 Å². The second kappa shape index (κ2) is 12.2. The van der Waals surface area contributed by atoms with Gasteiger partial charge in [0.2, 0.25) is 0 Å². The lowest BCUT2D eigenvalue weighted by Crippen LogP contribution is -2.51. The zero-order valence-electron chi connectivity index (χ0n) is 26.9. The molecule has 0 aliphatic carbocycles. The molecule has 7 rings (SSSR count). The molecule has 3 aliphatic heterocycles. The minimum Gasteiger partial charge on any atom is -0.456 e. The summed E-state index contributed by atoms with van der Waals surface area (Å²) in [5, 5.41) is 2.83. The van der Waals surface area contributed by atoms with Crippen molar-refractivity contribution in [2.45, 2.75) is 82.6 Å². The molecule has 48 heavy (non-hydrogen) atoms. The Kier molecular flexibility index (Phi) is 8.32. The van der Waals surface area contributed by atoms with E-state index in [0.29, 0.717) is 18.7 Å². The molecule has 1 unspecified atom stereocenters. The molecule has 0 amide bonds. The van der Waals surface area contributed by atoms with E-state index in [0.717, 1.165) is 61.4 Å². The molecule has 2 aromatic carbocycles. The van der Waals surface area contributed by atoms with Crippen LogP contribution in [-0.2, 0) is 28.3 Å². The van der Waals surface area contributed by atoms with Crippen molar-refractivity contribution in [2.75, 3.05) is 25.0 Å². The summed E-state index contributed by atoms with van der Waals surface area (Å²) in [5.74, 6) is 0.690. The van der Waals surface area contributed by atoms with E-state index >= 15 is 0 Å². The fourth-order valence-electron chi connectivity index (χ4n) is 6.63. The van der Waals surface area contributed by atoms with E-state index in [4.69, 9.17) is 30.8 Å². The van der Waals surface area contributed by atoms with Gasteiger partial charge in [0.25, 0.3) is 0 Å². The molecule has 0 spiro atoms. The Morgan fingerprint density at radius 3 is 2.52 bits per heavy atom. The van der Waals surface area contributed by atoms with E-state index in [9.17, 15) is 18.0 Å². The van der Waals surface area contributed by atoms with E-state index in [1.807, 2.05) is 39.0 Å². The van der Waals surface area contributed by atoms with Gasteiger partial charge in [-0.25, -0.2) is 9.78 Å². The first-order valence-electron chi connectivity index (χ1n) is 16.1. The number of imidazole rings is 1. The van der Waals surface area contributed by atoms with Gasteiger partial charge in [-0.3, -0.25) is 9.88 Å².